The smallest absolute Gasteiger partial charge is 0.310 e. The van der Waals surface area contributed by atoms with E-state index in [1.54, 1.807) is 11.3 Å². The molecule has 0 radical (unpaired) electrons. The second-order valence-electron chi connectivity index (χ2n) is 6.11. The second kappa shape index (κ2) is 11.0. The van der Waals surface area contributed by atoms with E-state index in [0.717, 1.165) is 35.5 Å². The van der Waals surface area contributed by atoms with Gasteiger partial charge in [-0.15, -0.1) is 0 Å². The minimum absolute atomic E-state index is 0.181. The standard InChI is InChI=1S/C22H22N2O3S/c25-22(16-18-12-15-28-17-18)27-14-5-4-13-26-21-10-8-20(9-11-21)24-23-19-6-2-1-3-7-19/h1-3,6-12,15,17H,4-5,13-14,16H2. The molecule has 144 valence electrons. The fourth-order valence-corrected chi connectivity index (χ4v) is 3.08. The van der Waals surface area contributed by atoms with Gasteiger partial charge in [0.05, 0.1) is 31.0 Å². The van der Waals surface area contributed by atoms with Crippen LogP contribution in [0.25, 0.3) is 0 Å². The Hall–Kier alpha value is -2.99. The number of thiophene rings is 1. The maximum absolute atomic E-state index is 11.7. The van der Waals surface area contributed by atoms with E-state index < -0.39 is 0 Å². The molecular weight excluding hydrogens is 372 g/mol. The molecule has 0 aliphatic carbocycles. The number of hydrogen-bond acceptors (Lipinski definition) is 6. The van der Waals surface area contributed by atoms with Crippen LogP contribution in [-0.4, -0.2) is 19.2 Å². The molecule has 0 spiro atoms. The molecule has 0 N–H and O–H groups in total. The number of esters is 1. The van der Waals surface area contributed by atoms with Crippen LogP contribution in [0.15, 0.2) is 81.7 Å². The van der Waals surface area contributed by atoms with E-state index in [0.29, 0.717) is 19.6 Å². The van der Waals surface area contributed by atoms with Gasteiger partial charge >= 0.3 is 5.97 Å². The Morgan fingerprint density at radius 1 is 0.857 bits per heavy atom. The summed E-state index contributed by atoms with van der Waals surface area (Å²) in [5.74, 6) is 0.604. The van der Waals surface area contributed by atoms with Crippen LogP contribution in [0.2, 0.25) is 0 Å². The summed E-state index contributed by atoms with van der Waals surface area (Å²) < 4.78 is 10.9. The summed E-state index contributed by atoms with van der Waals surface area (Å²) in [6.07, 6.45) is 1.94. The molecule has 0 aliphatic heterocycles. The third-order valence-electron chi connectivity index (χ3n) is 3.87. The van der Waals surface area contributed by atoms with E-state index in [9.17, 15) is 4.79 Å². The molecule has 1 aromatic heterocycles. The molecule has 0 saturated heterocycles. The van der Waals surface area contributed by atoms with Gasteiger partial charge in [-0.05, 0) is 71.6 Å². The molecule has 0 aliphatic rings. The summed E-state index contributed by atoms with van der Waals surface area (Å²) in [7, 11) is 0. The van der Waals surface area contributed by atoms with Gasteiger partial charge in [0.2, 0.25) is 0 Å². The maximum Gasteiger partial charge on any atom is 0.310 e. The summed E-state index contributed by atoms with van der Waals surface area (Å²) in [4.78, 5) is 11.7. The number of rotatable bonds is 10. The number of benzene rings is 2. The Balaban J connectivity index is 1.30. The quantitative estimate of drug-likeness (QED) is 0.237. The van der Waals surface area contributed by atoms with Gasteiger partial charge in [0.1, 0.15) is 5.75 Å². The zero-order valence-corrected chi connectivity index (χ0v) is 16.3. The van der Waals surface area contributed by atoms with Crippen molar-refractivity contribution in [2.24, 2.45) is 10.2 Å². The SMILES string of the molecule is O=C(Cc1ccsc1)OCCCCOc1ccc(N=Nc2ccccc2)cc1. The van der Waals surface area contributed by atoms with Crippen LogP contribution in [0.3, 0.4) is 0 Å². The highest BCUT2D eigenvalue weighted by Gasteiger charge is 2.04. The Labute approximate surface area is 168 Å². The number of azo groups is 1. The molecule has 3 rings (SSSR count). The maximum atomic E-state index is 11.7. The lowest BCUT2D eigenvalue weighted by atomic mass is 10.2. The van der Waals surface area contributed by atoms with E-state index in [4.69, 9.17) is 9.47 Å². The normalized spacial score (nSPS) is 10.9. The molecule has 5 nitrogen and oxygen atoms in total. The van der Waals surface area contributed by atoms with Crippen molar-refractivity contribution in [3.05, 3.63) is 77.0 Å². The van der Waals surface area contributed by atoms with Gasteiger partial charge in [-0.3, -0.25) is 4.79 Å². The Morgan fingerprint density at radius 3 is 2.29 bits per heavy atom. The van der Waals surface area contributed by atoms with Crippen molar-refractivity contribution in [2.45, 2.75) is 19.3 Å². The molecule has 0 unspecified atom stereocenters. The van der Waals surface area contributed by atoms with Crippen molar-refractivity contribution in [1.82, 2.24) is 0 Å². The van der Waals surface area contributed by atoms with Crippen molar-refractivity contribution in [3.63, 3.8) is 0 Å². The summed E-state index contributed by atoms with van der Waals surface area (Å²) in [5.41, 5.74) is 2.60. The highest BCUT2D eigenvalue weighted by Crippen LogP contribution is 2.21. The lowest BCUT2D eigenvalue weighted by Gasteiger charge is -2.07. The zero-order valence-electron chi connectivity index (χ0n) is 15.5. The number of carbonyl (C=O) groups excluding carboxylic acids is 1. The Morgan fingerprint density at radius 2 is 1.57 bits per heavy atom. The third-order valence-corrected chi connectivity index (χ3v) is 4.60. The largest absolute Gasteiger partial charge is 0.494 e. The minimum atomic E-state index is -0.181. The van der Waals surface area contributed by atoms with Gasteiger partial charge in [-0.1, -0.05) is 18.2 Å². The lowest BCUT2D eigenvalue weighted by molar-refractivity contribution is -0.142. The van der Waals surface area contributed by atoms with Gasteiger partial charge in [0.25, 0.3) is 0 Å². The first-order valence-electron chi connectivity index (χ1n) is 9.16. The molecule has 6 heteroatoms. The molecule has 0 fully saturated rings. The van der Waals surface area contributed by atoms with Gasteiger partial charge in [0, 0.05) is 0 Å². The second-order valence-corrected chi connectivity index (χ2v) is 6.89. The monoisotopic (exact) mass is 394 g/mol. The molecule has 28 heavy (non-hydrogen) atoms. The van der Waals surface area contributed by atoms with Crippen LogP contribution >= 0.6 is 11.3 Å². The summed E-state index contributed by atoms with van der Waals surface area (Å²) in [6, 6.07) is 19.0. The van der Waals surface area contributed by atoms with E-state index in [1.807, 2.05) is 71.4 Å². The first-order valence-corrected chi connectivity index (χ1v) is 10.1. The van der Waals surface area contributed by atoms with Crippen molar-refractivity contribution < 1.29 is 14.3 Å². The number of carbonyl (C=O) groups is 1. The van der Waals surface area contributed by atoms with Gasteiger partial charge in [0.15, 0.2) is 0 Å². The fraction of sp³-hybridized carbons (Fsp3) is 0.227. The highest BCUT2D eigenvalue weighted by atomic mass is 32.1. The van der Waals surface area contributed by atoms with E-state index in [-0.39, 0.29) is 5.97 Å². The van der Waals surface area contributed by atoms with Crippen LogP contribution in [-0.2, 0) is 16.0 Å². The van der Waals surface area contributed by atoms with Gasteiger partial charge in [-0.2, -0.15) is 21.6 Å². The van der Waals surface area contributed by atoms with Crippen LogP contribution in [0.4, 0.5) is 11.4 Å². The van der Waals surface area contributed by atoms with Crippen molar-refractivity contribution in [2.75, 3.05) is 13.2 Å². The van der Waals surface area contributed by atoms with Crippen LogP contribution in [0, 0.1) is 0 Å². The lowest BCUT2D eigenvalue weighted by Crippen LogP contribution is -2.09. The highest BCUT2D eigenvalue weighted by molar-refractivity contribution is 7.07. The van der Waals surface area contributed by atoms with E-state index >= 15 is 0 Å². The van der Waals surface area contributed by atoms with E-state index in [1.165, 1.54) is 0 Å². The third kappa shape index (κ3) is 6.96. The van der Waals surface area contributed by atoms with Gasteiger partial charge in [-0.25, -0.2) is 0 Å². The molecule has 0 atom stereocenters. The molecule has 3 aromatic rings. The fourth-order valence-electron chi connectivity index (χ4n) is 2.41. The molecule has 0 bridgehead atoms. The summed E-state index contributed by atoms with van der Waals surface area (Å²) in [6.45, 7) is 0.998. The minimum Gasteiger partial charge on any atom is -0.494 e. The molecular formula is C22H22N2O3S. The Bertz CT molecular complexity index is 863. The van der Waals surface area contributed by atoms with Gasteiger partial charge < -0.3 is 9.47 Å². The summed E-state index contributed by atoms with van der Waals surface area (Å²) in [5, 5.41) is 12.3. The number of nitrogens with zero attached hydrogens (tertiary/aromatic N) is 2. The molecule has 0 saturated carbocycles. The zero-order chi connectivity index (χ0) is 19.4. The summed E-state index contributed by atoms with van der Waals surface area (Å²) >= 11 is 1.58. The Kier molecular flexibility index (Phi) is 7.76. The first kappa shape index (κ1) is 19.8. The molecule has 1 heterocycles. The van der Waals surface area contributed by atoms with Crippen molar-refractivity contribution in [1.29, 1.82) is 0 Å². The number of unbranched alkanes of at least 4 members (excludes halogenated alkanes) is 1. The van der Waals surface area contributed by atoms with Crippen molar-refractivity contribution in [3.8, 4) is 5.75 Å². The first-order chi connectivity index (χ1) is 13.8. The predicted octanol–water partition coefficient (Wildman–Crippen LogP) is 6.11. The number of ether oxygens (including phenoxy) is 2. The molecule has 2 aromatic carbocycles. The van der Waals surface area contributed by atoms with Crippen LogP contribution in [0.1, 0.15) is 18.4 Å². The predicted molar refractivity (Wildman–Crippen MR) is 111 cm³/mol. The average molecular weight is 394 g/mol. The average Bonchev–Trinajstić information content (AvgIpc) is 3.23. The van der Waals surface area contributed by atoms with Crippen molar-refractivity contribution >= 4 is 28.7 Å². The topological polar surface area (TPSA) is 60.2 Å². The number of hydrogen-bond donors (Lipinski definition) is 0. The van der Waals surface area contributed by atoms with Crippen LogP contribution < -0.4 is 4.74 Å². The van der Waals surface area contributed by atoms with E-state index in [2.05, 4.69) is 10.2 Å². The van der Waals surface area contributed by atoms with Crippen LogP contribution in [0.5, 0.6) is 5.75 Å². The molecule has 0 amide bonds.